The normalized spacial score (nSPS) is 14.7. The number of ether oxygens (including phenoxy) is 2. The third-order valence-electron chi connectivity index (χ3n) is 5.06. The summed E-state index contributed by atoms with van der Waals surface area (Å²) >= 11 is 16.5. The Morgan fingerprint density at radius 2 is 1.83 bits per heavy atom. The number of hydrogen-bond donors (Lipinski definition) is 0. The number of thioether (sulfide) groups is 1. The minimum atomic E-state index is -0.419. The van der Waals surface area contributed by atoms with Crippen molar-refractivity contribution in [3.63, 3.8) is 0 Å². The van der Waals surface area contributed by atoms with Crippen LogP contribution in [0.1, 0.15) is 16.7 Å². The molecule has 0 aromatic heterocycles. The lowest BCUT2D eigenvalue weighted by molar-refractivity contribution is -0.123. The SMILES string of the molecule is COc1cc(/C=C2\SC(=O)N(Cc3ccc(F)cc3)C2=O)cc(Br)c1OCc1ccc(Cl)cc1Cl. The lowest BCUT2D eigenvalue weighted by Gasteiger charge is -2.14. The summed E-state index contributed by atoms with van der Waals surface area (Å²) in [4.78, 5) is 26.7. The number of benzene rings is 3. The number of rotatable bonds is 7. The molecule has 5 nitrogen and oxygen atoms in total. The Balaban J connectivity index is 1.53. The van der Waals surface area contributed by atoms with E-state index in [9.17, 15) is 14.0 Å². The fourth-order valence-corrected chi connectivity index (χ4v) is 5.19. The second-order valence-corrected chi connectivity index (χ2v) is 10.1. The van der Waals surface area contributed by atoms with Gasteiger partial charge in [-0.25, -0.2) is 4.39 Å². The van der Waals surface area contributed by atoms with Gasteiger partial charge in [0.2, 0.25) is 0 Å². The Morgan fingerprint density at radius 1 is 1.09 bits per heavy atom. The second-order valence-electron chi connectivity index (χ2n) is 7.45. The number of hydrogen-bond acceptors (Lipinski definition) is 5. The average molecular weight is 597 g/mol. The molecule has 0 saturated carbocycles. The first-order valence-electron chi connectivity index (χ1n) is 10.2. The first kappa shape index (κ1) is 25.6. The standard InChI is InChI=1S/C25H17BrCl2FNO4S/c1-33-21-9-15(8-19(26)23(21)34-13-16-4-5-17(27)11-20(16)28)10-22-24(31)30(25(32)35-22)12-14-2-6-18(29)7-3-14/h2-11H,12-13H2,1H3/b22-10-. The highest BCUT2D eigenvalue weighted by molar-refractivity contribution is 9.10. The summed E-state index contributed by atoms with van der Waals surface area (Å²) in [5.41, 5.74) is 2.04. The molecule has 10 heteroatoms. The molecule has 1 fully saturated rings. The van der Waals surface area contributed by atoms with Crippen molar-refractivity contribution >= 4 is 68.1 Å². The van der Waals surface area contributed by atoms with Crippen LogP contribution in [0.5, 0.6) is 11.5 Å². The Labute approximate surface area is 223 Å². The fraction of sp³-hybridized carbons (Fsp3) is 0.120. The van der Waals surface area contributed by atoms with Gasteiger partial charge < -0.3 is 9.47 Å². The molecule has 0 spiro atoms. The summed E-state index contributed by atoms with van der Waals surface area (Å²) in [6.07, 6.45) is 1.61. The van der Waals surface area contributed by atoms with Gasteiger partial charge in [-0.3, -0.25) is 14.5 Å². The molecule has 4 rings (SSSR count). The maximum atomic E-state index is 13.2. The summed E-state index contributed by atoms with van der Waals surface area (Å²) < 4.78 is 25.2. The molecule has 0 N–H and O–H groups in total. The summed E-state index contributed by atoms with van der Waals surface area (Å²) in [6.45, 7) is 0.252. The van der Waals surface area contributed by atoms with Crippen molar-refractivity contribution in [2.45, 2.75) is 13.2 Å². The van der Waals surface area contributed by atoms with E-state index in [1.54, 1.807) is 48.5 Å². The molecule has 1 aliphatic heterocycles. The van der Waals surface area contributed by atoms with Crippen molar-refractivity contribution in [2.75, 3.05) is 7.11 Å². The van der Waals surface area contributed by atoms with Crippen molar-refractivity contribution in [1.82, 2.24) is 4.90 Å². The van der Waals surface area contributed by atoms with Gasteiger partial charge in [-0.15, -0.1) is 0 Å². The van der Waals surface area contributed by atoms with Crippen LogP contribution < -0.4 is 9.47 Å². The predicted octanol–water partition coefficient (Wildman–Crippen LogP) is 7.72. The van der Waals surface area contributed by atoms with Gasteiger partial charge in [0.1, 0.15) is 12.4 Å². The van der Waals surface area contributed by atoms with Crippen LogP contribution in [0.2, 0.25) is 10.0 Å². The summed E-state index contributed by atoms with van der Waals surface area (Å²) in [6, 6.07) is 14.3. The number of halogens is 4. The average Bonchev–Trinajstić information content (AvgIpc) is 3.07. The molecule has 1 heterocycles. The highest BCUT2D eigenvalue weighted by atomic mass is 79.9. The Morgan fingerprint density at radius 3 is 2.51 bits per heavy atom. The van der Waals surface area contributed by atoms with Gasteiger partial charge in [0, 0.05) is 15.6 Å². The Bertz CT molecular complexity index is 1330. The molecule has 1 saturated heterocycles. The summed E-state index contributed by atoms with van der Waals surface area (Å²) in [7, 11) is 1.50. The van der Waals surface area contributed by atoms with E-state index in [1.165, 1.54) is 19.2 Å². The van der Waals surface area contributed by atoms with Crippen molar-refractivity contribution in [1.29, 1.82) is 0 Å². The molecular formula is C25H17BrCl2FNO4S. The number of carbonyl (C=O) groups excluding carboxylic acids is 2. The van der Waals surface area contributed by atoms with E-state index >= 15 is 0 Å². The topological polar surface area (TPSA) is 55.8 Å². The predicted molar refractivity (Wildman–Crippen MR) is 139 cm³/mol. The minimum absolute atomic E-state index is 0.0648. The van der Waals surface area contributed by atoms with E-state index in [4.69, 9.17) is 32.7 Å². The van der Waals surface area contributed by atoms with Crippen molar-refractivity contribution < 1.29 is 23.5 Å². The molecule has 0 atom stereocenters. The number of amides is 2. The van der Waals surface area contributed by atoms with Crippen molar-refractivity contribution in [3.05, 3.63) is 96.5 Å². The summed E-state index contributed by atoms with van der Waals surface area (Å²) in [5, 5.41) is 0.626. The molecule has 0 unspecified atom stereocenters. The van der Waals surface area contributed by atoms with Crippen LogP contribution in [-0.4, -0.2) is 23.2 Å². The van der Waals surface area contributed by atoms with Gasteiger partial charge in [-0.05, 0) is 81.3 Å². The van der Waals surface area contributed by atoms with E-state index in [-0.39, 0.29) is 23.9 Å². The van der Waals surface area contributed by atoms with Crippen LogP contribution in [0.4, 0.5) is 9.18 Å². The van der Waals surface area contributed by atoms with Crippen LogP contribution in [0.25, 0.3) is 6.08 Å². The maximum Gasteiger partial charge on any atom is 0.293 e. The number of methoxy groups -OCH3 is 1. The lowest BCUT2D eigenvalue weighted by Crippen LogP contribution is -2.27. The van der Waals surface area contributed by atoms with E-state index in [0.717, 1.165) is 22.2 Å². The smallest absolute Gasteiger partial charge is 0.293 e. The quantitative estimate of drug-likeness (QED) is 0.261. The van der Waals surface area contributed by atoms with Crippen LogP contribution in [0, 0.1) is 5.82 Å². The van der Waals surface area contributed by atoms with Crippen molar-refractivity contribution in [3.8, 4) is 11.5 Å². The van der Waals surface area contributed by atoms with Gasteiger partial charge in [-0.2, -0.15) is 0 Å². The molecule has 3 aromatic rings. The van der Waals surface area contributed by atoms with E-state index in [0.29, 0.717) is 37.1 Å². The molecule has 2 amide bonds. The fourth-order valence-electron chi connectivity index (χ4n) is 3.31. The van der Waals surface area contributed by atoms with Crippen LogP contribution in [0.15, 0.2) is 64.0 Å². The Hall–Kier alpha value is -2.52. The van der Waals surface area contributed by atoms with Gasteiger partial charge in [-0.1, -0.05) is 41.4 Å². The lowest BCUT2D eigenvalue weighted by atomic mass is 10.1. The highest BCUT2D eigenvalue weighted by Gasteiger charge is 2.35. The van der Waals surface area contributed by atoms with Gasteiger partial charge in [0.25, 0.3) is 11.1 Å². The van der Waals surface area contributed by atoms with Crippen LogP contribution in [0.3, 0.4) is 0 Å². The number of carbonyl (C=O) groups is 2. The summed E-state index contributed by atoms with van der Waals surface area (Å²) in [5.74, 6) is 0.0875. The molecule has 35 heavy (non-hydrogen) atoms. The van der Waals surface area contributed by atoms with Crippen molar-refractivity contribution in [2.24, 2.45) is 0 Å². The molecule has 0 radical (unpaired) electrons. The van der Waals surface area contributed by atoms with Crippen LogP contribution >= 0.6 is 50.9 Å². The zero-order chi connectivity index (χ0) is 25.1. The zero-order valence-corrected chi connectivity index (χ0v) is 22.1. The highest BCUT2D eigenvalue weighted by Crippen LogP contribution is 2.40. The second kappa shape index (κ2) is 11.0. The molecule has 0 bridgehead atoms. The van der Waals surface area contributed by atoms with Gasteiger partial charge >= 0.3 is 0 Å². The monoisotopic (exact) mass is 595 g/mol. The third kappa shape index (κ3) is 6.01. The molecular weight excluding hydrogens is 580 g/mol. The molecule has 0 aliphatic carbocycles. The molecule has 180 valence electrons. The molecule has 3 aromatic carbocycles. The Kier molecular flexibility index (Phi) is 8.06. The van der Waals surface area contributed by atoms with Gasteiger partial charge in [0.15, 0.2) is 11.5 Å². The zero-order valence-electron chi connectivity index (χ0n) is 18.2. The number of imide groups is 1. The maximum absolute atomic E-state index is 13.2. The third-order valence-corrected chi connectivity index (χ3v) is 7.15. The van der Waals surface area contributed by atoms with E-state index in [1.807, 2.05) is 0 Å². The van der Waals surface area contributed by atoms with E-state index < -0.39 is 11.1 Å². The van der Waals surface area contributed by atoms with Crippen LogP contribution in [-0.2, 0) is 17.9 Å². The first-order chi connectivity index (χ1) is 16.7. The largest absolute Gasteiger partial charge is 0.493 e. The van der Waals surface area contributed by atoms with E-state index in [2.05, 4.69) is 15.9 Å². The van der Waals surface area contributed by atoms with Gasteiger partial charge in [0.05, 0.1) is 23.0 Å². The molecule has 1 aliphatic rings. The minimum Gasteiger partial charge on any atom is -0.493 e. The number of nitrogens with zero attached hydrogens (tertiary/aromatic N) is 1. The first-order valence-corrected chi connectivity index (χ1v) is 12.6.